The number of benzene rings is 2. The highest BCUT2D eigenvalue weighted by atomic mass is 32.2. The number of nitrogens with two attached hydrogens (primary N) is 1. The second-order valence-electron chi connectivity index (χ2n) is 6.76. The van der Waals surface area contributed by atoms with Crippen molar-refractivity contribution in [2.75, 3.05) is 11.5 Å². The zero-order valence-corrected chi connectivity index (χ0v) is 18.5. The SMILES string of the molecule is CCOc1cc(/C=C2\N=C(S[C@@H](C)C(N)=O)N(c3ccc(OC(F)F)cc3)C2=O)ccc1O. The average molecular weight is 477 g/mol. The number of aliphatic imine (C=N–C) groups is 1. The van der Waals surface area contributed by atoms with Crippen LogP contribution in [0.3, 0.4) is 0 Å². The molecular formula is C22H21F2N3O5S. The van der Waals surface area contributed by atoms with E-state index >= 15 is 0 Å². The van der Waals surface area contributed by atoms with Crippen molar-refractivity contribution in [3.63, 3.8) is 0 Å². The number of aromatic hydroxyl groups is 1. The van der Waals surface area contributed by atoms with Crippen LogP contribution in [-0.2, 0) is 9.59 Å². The lowest BCUT2D eigenvalue weighted by Gasteiger charge is -2.19. The molecule has 0 spiro atoms. The number of carbonyl (C=O) groups excluding carboxylic acids is 2. The molecule has 0 bridgehead atoms. The molecule has 33 heavy (non-hydrogen) atoms. The summed E-state index contributed by atoms with van der Waals surface area (Å²) in [5.41, 5.74) is 6.32. The first kappa shape index (κ1) is 24.1. The molecule has 2 aromatic rings. The van der Waals surface area contributed by atoms with Gasteiger partial charge in [0.2, 0.25) is 5.91 Å². The molecule has 0 saturated carbocycles. The standard InChI is InChI=1S/C22H21F2N3O5S/c1-3-31-18-11-13(4-9-17(18)28)10-16-20(30)27(22(26-16)33-12(2)19(25)29)14-5-7-15(8-6-14)32-21(23)24/h4-12,21,28H,3H2,1-2H3,(H2,25,29)/b16-10-/t12-/m0/s1. The Morgan fingerprint density at radius 3 is 2.58 bits per heavy atom. The Balaban J connectivity index is 1.97. The lowest BCUT2D eigenvalue weighted by atomic mass is 10.1. The van der Waals surface area contributed by atoms with Gasteiger partial charge in [-0.3, -0.25) is 14.5 Å². The number of phenols is 1. The van der Waals surface area contributed by atoms with Crippen LogP contribution in [-0.4, -0.2) is 40.6 Å². The third-order valence-corrected chi connectivity index (χ3v) is 5.49. The Kier molecular flexibility index (Phi) is 7.54. The summed E-state index contributed by atoms with van der Waals surface area (Å²) in [5.74, 6) is -0.944. The molecule has 0 fully saturated rings. The number of anilines is 1. The number of amidine groups is 1. The highest BCUT2D eigenvalue weighted by molar-refractivity contribution is 8.15. The van der Waals surface area contributed by atoms with Crippen LogP contribution in [0, 0.1) is 0 Å². The van der Waals surface area contributed by atoms with Crippen LogP contribution in [0.5, 0.6) is 17.2 Å². The summed E-state index contributed by atoms with van der Waals surface area (Å²) in [6.45, 7) is 0.715. The minimum atomic E-state index is -2.98. The number of halogens is 2. The minimum absolute atomic E-state index is 0.0421. The number of rotatable bonds is 8. The molecular weight excluding hydrogens is 456 g/mol. The maximum Gasteiger partial charge on any atom is 0.387 e. The molecule has 1 aliphatic rings. The van der Waals surface area contributed by atoms with E-state index in [1.165, 1.54) is 41.3 Å². The highest BCUT2D eigenvalue weighted by Crippen LogP contribution is 2.33. The third kappa shape index (κ3) is 5.80. The normalized spacial score (nSPS) is 15.7. The molecule has 0 saturated heterocycles. The molecule has 0 aromatic heterocycles. The van der Waals surface area contributed by atoms with E-state index in [2.05, 4.69) is 9.73 Å². The number of nitrogens with zero attached hydrogens (tertiary/aromatic N) is 2. The summed E-state index contributed by atoms with van der Waals surface area (Å²) in [4.78, 5) is 30.4. The first-order valence-corrected chi connectivity index (χ1v) is 10.7. The van der Waals surface area contributed by atoms with E-state index in [0.29, 0.717) is 17.9 Å². The molecule has 1 heterocycles. The van der Waals surface area contributed by atoms with E-state index in [9.17, 15) is 23.5 Å². The van der Waals surface area contributed by atoms with Crippen LogP contribution in [0.1, 0.15) is 19.4 Å². The van der Waals surface area contributed by atoms with Gasteiger partial charge in [0.05, 0.1) is 17.5 Å². The van der Waals surface area contributed by atoms with Gasteiger partial charge in [0.1, 0.15) is 11.4 Å². The van der Waals surface area contributed by atoms with Crippen molar-refractivity contribution in [3.05, 3.63) is 53.7 Å². The Morgan fingerprint density at radius 1 is 1.27 bits per heavy atom. The molecule has 11 heteroatoms. The number of carbonyl (C=O) groups is 2. The lowest BCUT2D eigenvalue weighted by Crippen LogP contribution is -2.33. The number of ether oxygens (including phenoxy) is 2. The van der Waals surface area contributed by atoms with Crippen molar-refractivity contribution in [1.29, 1.82) is 0 Å². The molecule has 2 amide bonds. The van der Waals surface area contributed by atoms with Crippen LogP contribution < -0.4 is 20.1 Å². The summed E-state index contributed by atoms with van der Waals surface area (Å²) < 4.78 is 34.6. The fourth-order valence-corrected chi connectivity index (χ4v) is 3.72. The fraction of sp³-hybridized carbons (Fsp3) is 0.227. The van der Waals surface area contributed by atoms with E-state index < -0.39 is 23.7 Å². The van der Waals surface area contributed by atoms with Crippen molar-refractivity contribution in [1.82, 2.24) is 0 Å². The van der Waals surface area contributed by atoms with Crippen molar-refractivity contribution in [2.45, 2.75) is 25.7 Å². The topological polar surface area (TPSA) is 114 Å². The Hall–Kier alpha value is -3.60. The second kappa shape index (κ2) is 10.3. The molecule has 174 valence electrons. The number of alkyl halides is 2. The van der Waals surface area contributed by atoms with Crippen molar-refractivity contribution < 1.29 is 33.0 Å². The number of amides is 2. The van der Waals surface area contributed by atoms with E-state index in [-0.39, 0.29) is 28.1 Å². The summed E-state index contributed by atoms with van der Waals surface area (Å²) in [6.07, 6.45) is 1.51. The van der Waals surface area contributed by atoms with Gasteiger partial charge in [-0.25, -0.2) is 4.99 Å². The van der Waals surface area contributed by atoms with Crippen LogP contribution >= 0.6 is 11.8 Å². The maximum absolute atomic E-state index is 13.2. The molecule has 1 aliphatic heterocycles. The molecule has 1 atom stereocenters. The van der Waals surface area contributed by atoms with Gasteiger partial charge in [-0.2, -0.15) is 8.78 Å². The second-order valence-corrected chi connectivity index (χ2v) is 8.07. The minimum Gasteiger partial charge on any atom is -0.504 e. The van der Waals surface area contributed by atoms with Gasteiger partial charge in [-0.1, -0.05) is 17.8 Å². The van der Waals surface area contributed by atoms with Gasteiger partial charge in [-0.05, 0) is 61.9 Å². The van der Waals surface area contributed by atoms with Crippen molar-refractivity contribution >= 4 is 40.5 Å². The molecule has 8 nitrogen and oxygen atoms in total. The predicted molar refractivity (Wildman–Crippen MR) is 121 cm³/mol. The van der Waals surface area contributed by atoms with Gasteiger partial charge in [0.25, 0.3) is 5.91 Å². The van der Waals surface area contributed by atoms with Crippen molar-refractivity contribution in [2.24, 2.45) is 10.7 Å². The number of hydrogen-bond donors (Lipinski definition) is 2. The smallest absolute Gasteiger partial charge is 0.387 e. The fourth-order valence-electron chi connectivity index (χ4n) is 2.85. The quantitative estimate of drug-likeness (QED) is 0.560. The molecule has 0 radical (unpaired) electrons. The van der Waals surface area contributed by atoms with Crippen LogP contribution in [0.2, 0.25) is 0 Å². The third-order valence-electron chi connectivity index (χ3n) is 4.42. The number of hydrogen-bond acceptors (Lipinski definition) is 7. The largest absolute Gasteiger partial charge is 0.504 e. The van der Waals surface area contributed by atoms with E-state index in [1.54, 1.807) is 26.0 Å². The average Bonchev–Trinajstić information content (AvgIpc) is 3.05. The molecule has 0 unspecified atom stereocenters. The molecule has 3 rings (SSSR count). The summed E-state index contributed by atoms with van der Waals surface area (Å²) in [5, 5.41) is 9.40. The molecule has 0 aliphatic carbocycles. The van der Waals surface area contributed by atoms with Gasteiger partial charge in [0.15, 0.2) is 16.7 Å². The maximum atomic E-state index is 13.2. The first-order chi connectivity index (χ1) is 15.7. The number of primary amides is 1. The first-order valence-electron chi connectivity index (χ1n) is 9.81. The van der Waals surface area contributed by atoms with E-state index in [0.717, 1.165) is 11.8 Å². The number of thioether (sulfide) groups is 1. The Bertz CT molecular complexity index is 1110. The zero-order chi connectivity index (χ0) is 24.1. The van der Waals surface area contributed by atoms with Gasteiger partial charge in [-0.15, -0.1) is 0 Å². The van der Waals surface area contributed by atoms with Crippen molar-refractivity contribution in [3.8, 4) is 17.2 Å². The van der Waals surface area contributed by atoms with Gasteiger partial charge >= 0.3 is 6.61 Å². The van der Waals surface area contributed by atoms with E-state index in [1.807, 2.05) is 0 Å². The summed E-state index contributed by atoms with van der Waals surface area (Å²) >= 11 is 0.989. The van der Waals surface area contributed by atoms with E-state index in [4.69, 9.17) is 10.5 Å². The van der Waals surface area contributed by atoms with Gasteiger partial charge < -0.3 is 20.3 Å². The predicted octanol–water partition coefficient (Wildman–Crippen LogP) is 3.74. The Morgan fingerprint density at radius 2 is 1.97 bits per heavy atom. The monoisotopic (exact) mass is 477 g/mol. The van der Waals surface area contributed by atoms with Crippen LogP contribution in [0.15, 0.2) is 53.2 Å². The molecule has 2 aromatic carbocycles. The molecule has 3 N–H and O–H groups in total. The number of phenolic OH excluding ortho intramolecular Hbond substituents is 1. The summed E-state index contributed by atoms with van der Waals surface area (Å²) in [6, 6.07) is 10.0. The lowest BCUT2D eigenvalue weighted by molar-refractivity contribution is -0.117. The van der Waals surface area contributed by atoms with Crippen LogP contribution in [0.4, 0.5) is 14.5 Å². The summed E-state index contributed by atoms with van der Waals surface area (Å²) in [7, 11) is 0. The van der Waals surface area contributed by atoms with Crippen LogP contribution in [0.25, 0.3) is 6.08 Å². The highest BCUT2D eigenvalue weighted by Gasteiger charge is 2.34. The zero-order valence-electron chi connectivity index (χ0n) is 17.7. The van der Waals surface area contributed by atoms with Gasteiger partial charge in [0, 0.05) is 0 Å². The Labute approximate surface area is 192 Å².